The second-order valence-corrected chi connectivity index (χ2v) is 7.56. The van der Waals surface area contributed by atoms with Crippen molar-refractivity contribution in [3.8, 4) is 0 Å². The van der Waals surface area contributed by atoms with E-state index in [1.54, 1.807) is 12.1 Å². The average Bonchev–Trinajstić information content (AvgIpc) is 3.28. The number of aryl methyl sites for hydroxylation is 1. The van der Waals surface area contributed by atoms with Crippen LogP contribution in [0.2, 0.25) is 0 Å². The highest BCUT2D eigenvalue weighted by molar-refractivity contribution is 5.76. The first-order valence-electron chi connectivity index (χ1n) is 9.76. The molecule has 2 aliphatic heterocycles. The number of halogens is 1. The summed E-state index contributed by atoms with van der Waals surface area (Å²) in [5.74, 6) is 1.87. The highest BCUT2D eigenvalue weighted by atomic mass is 19.1. The average molecular weight is 371 g/mol. The summed E-state index contributed by atoms with van der Waals surface area (Å²) in [5.41, 5.74) is 1.06. The third kappa shape index (κ3) is 3.88. The highest BCUT2D eigenvalue weighted by Gasteiger charge is 2.31. The second kappa shape index (κ2) is 7.76. The highest BCUT2D eigenvalue weighted by Crippen LogP contribution is 2.30. The molecular weight excluding hydrogens is 345 g/mol. The number of aromatic nitrogens is 3. The van der Waals surface area contributed by atoms with E-state index in [-0.39, 0.29) is 11.7 Å². The Bertz CT molecular complexity index is 803. The molecule has 1 amide bonds. The molecule has 0 N–H and O–H groups in total. The molecule has 1 aromatic heterocycles. The first-order chi connectivity index (χ1) is 13.1. The van der Waals surface area contributed by atoms with Crippen LogP contribution >= 0.6 is 0 Å². The molecule has 4 rings (SSSR count). The van der Waals surface area contributed by atoms with Crippen LogP contribution in [0.1, 0.15) is 48.9 Å². The topological polar surface area (TPSA) is 54.3 Å². The lowest BCUT2D eigenvalue weighted by atomic mass is 10.1. The fourth-order valence-electron chi connectivity index (χ4n) is 4.13. The van der Waals surface area contributed by atoms with Gasteiger partial charge in [-0.15, -0.1) is 10.2 Å². The van der Waals surface area contributed by atoms with E-state index in [0.29, 0.717) is 25.6 Å². The standard InChI is InChI=1S/C20H26FN5O/c1-24-11-3-5-17(24)20-23-22-18-14-25(12-13-26(18)20)19(27)6-2-4-15-7-9-16(21)10-8-15/h7-10,17H,2-6,11-14H2,1H3/t17-/m0/s1. The molecule has 3 heterocycles. The lowest BCUT2D eigenvalue weighted by Gasteiger charge is -2.29. The van der Waals surface area contributed by atoms with Crippen LogP contribution in [0.25, 0.3) is 0 Å². The largest absolute Gasteiger partial charge is 0.333 e. The fraction of sp³-hybridized carbons (Fsp3) is 0.550. The molecule has 2 aliphatic rings. The van der Waals surface area contributed by atoms with Gasteiger partial charge in [-0.3, -0.25) is 9.69 Å². The van der Waals surface area contributed by atoms with E-state index in [2.05, 4.69) is 26.7 Å². The van der Waals surface area contributed by atoms with Crippen molar-refractivity contribution in [1.29, 1.82) is 0 Å². The molecule has 6 nitrogen and oxygen atoms in total. The molecule has 1 saturated heterocycles. The first-order valence-corrected chi connectivity index (χ1v) is 9.76. The maximum Gasteiger partial charge on any atom is 0.223 e. The molecule has 0 aliphatic carbocycles. The molecule has 1 aromatic carbocycles. The third-order valence-electron chi connectivity index (χ3n) is 5.72. The van der Waals surface area contributed by atoms with Crippen LogP contribution in [-0.4, -0.2) is 50.6 Å². The van der Waals surface area contributed by atoms with Gasteiger partial charge in [0.05, 0.1) is 12.6 Å². The Balaban J connectivity index is 1.32. The molecule has 0 bridgehead atoms. The predicted octanol–water partition coefficient (Wildman–Crippen LogP) is 2.55. The zero-order valence-electron chi connectivity index (χ0n) is 15.8. The van der Waals surface area contributed by atoms with Crippen LogP contribution in [0.3, 0.4) is 0 Å². The summed E-state index contributed by atoms with van der Waals surface area (Å²) in [7, 11) is 2.14. The molecular formula is C20H26FN5O. The fourth-order valence-corrected chi connectivity index (χ4v) is 4.13. The minimum Gasteiger partial charge on any atom is -0.333 e. The summed E-state index contributed by atoms with van der Waals surface area (Å²) in [6.45, 7) is 3.12. The van der Waals surface area contributed by atoms with Gasteiger partial charge in [-0.25, -0.2) is 4.39 Å². The molecule has 1 atom stereocenters. The number of amides is 1. The lowest BCUT2D eigenvalue weighted by Crippen LogP contribution is -2.39. The van der Waals surface area contributed by atoms with Gasteiger partial charge in [-0.05, 0) is 57.0 Å². The van der Waals surface area contributed by atoms with Crippen LogP contribution < -0.4 is 0 Å². The minimum atomic E-state index is -0.226. The number of benzene rings is 1. The number of likely N-dealkylation sites (tertiary alicyclic amines) is 1. The van der Waals surface area contributed by atoms with E-state index in [0.717, 1.165) is 49.6 Å². The van der Waals surface area contributed by atoms with Crippen molar-refractivity contribution in [1.82, 2.24) is 24.6 Å². The molecule has 1 fully saturated rings. The van der Waals surface area contributed by atoms with Gasteiger partial charge in [-0.1, -0.05) is 12.1 Å². The second-order valence-electron chi connectivity index (χ2n) is 7.56. The van der Waals surface area contributed by atoms with Crippen molar-refractivity contribution in [2.45, 2.75) is 51.2 Å². The van der Waals surface area contributed by atoms with E-state index >= 15 is 0 Å². The Morgan fingerprint density at radius 2 is 2.00 bits per heavy atom. The molecule has 0 saturated carbocycles. The SMILES string of the molecule is CN1CCC[C@H]1c1nnc2n1CCN(C(=O)CCCc1ccc(F)cc1)C2. The lowest BCUT2D eigenvalue weighted by molar-refractivity contribution is -0.132. The molecule has 0 spiro atoms. The number of nitrogens with zero attached hydrogens (tertiary/aromatic N) is 5. The summed E-state index contributed by atoms with van der Waals surface area (Å²) in [6, 6.07) is 6.85. The van der Waals surface area contributed by atoms with Crippen molar-refractivity contribution in [2.24, 2.45) is 0 Å². The van der Waals surface area contributed by atoms with Gasteiger partial charge < -0.3 is 9.47 Å². The van der Waals surface area contributed by atoms with Gasteiger partial charge in [0.25, 0.3) is 0 Å². The Morgan fingerprint density at radius 3 is 2.74 bits per heavy atom. The van der Waals surface area contributed by atoms with Gasteiger partial charge in [0, 0.05) is 19.5 Å². The summed E-state index contributed by atoms with van der Waals surface area (Å²) in [5, 5.41) is 8.80. The van der Waals surface area contributed by atoms with Crippen molar-refractivity contribution < 1.29 is 9.18 Å². The first kappa shape index (κ1) is 18.1. The van der Waals surface area contributed by atoms with Gasteiger partial charge in [0.2, 0.25) is 5.91 Å². The summed E-state index contributed by atoms with van der Waals surface area (Å²) in [4.78, 5) is 16.8. The Morgan fingerprint density at radius 1 is 1.19 bits per heavy atom. The van der Waals surface area contributed by atoms with Crippen LogP contribution in [0.15, 0.2) is 24.3 Å². The van der Waals surface area contributed by atoms with Gasteiger partial charge in [0.1, 0.15) is 5.82 Å². The van der Waals surface area contributed by atoms with Crippen LogP contribution in [0.5, 0.6) is 0 Å². The van der Waals surface area contributed by atoms with E-state index in [4.69, 9.17) is 0 Å². The molecule has 2 aromatic rings. The molecule has 144 valence electrons. The number of hydrogen-bond acceptors (Lipinski definition) is 4. The van der Waals surface area contributed by atoms with Crippen molar-refractivity contribution in [3.63, 3.8) is 0 Å². The molecule has 0 unspecified atom stereocenters. The molecule has 7 heteroatoms. The monoisotopic (exact) mass is 371 g/mol. The Labute approximate surface area is 159 Å². The maximum atomic E-state index is 12.9. The summed E-state index contributed by atoms with van der Waals surface area (Å²) >= 11 is 0. The van der Waals surface area contributed by atoms with Gasteiger partial charge in [-0.2, -0.15) is 0 Å². The third-order valence-corrected chi connectivity index (χ3v) is 5.72. The zero-order chi connectivity index (χ0) is 18.8. The van der Waals surface area contributed by atoms with Crippen molar-refractivity contribution in [3.05, 3.63) is 47.3 Å². The number of fused-ring (bicyclic) bond motifs is 1. The van der Waals surface area contributed by atoms with E-state index in [1.165, 1.54) is 18.6 Å². The van der Waals surface area contributed by atoms with Crippen LogP contribution in [0.4, 0.5) is 4.39 Å². The molecule has 27 heavy (non-hydrogen) atoms. The van der Waals surface area contributed by atoms with Crippen molar-refractivity contribution >= 4 is 5.91 Å². The van der Waals surface area contributed by atoms with Crippen molar-refractivity contribution in [2.75, 3.05) is 20.1 Å². The number of rotatable bonds is 5. The normalized spacial score (nSPS) is 20.1. The summed E-state index contributed by atoms with van der Waals surface area (Å²) < 4.78 is 15.1. The van der Waals surface area contributed by atoms with Gasteiger partial charge >= 0.3 is 0 Å². The molecule has 0 radical (unpaired) electrons. The van der Waals surface area contributed by atoms with Crippen LogP contribution in [-0.2, 0) is 24.3 Å². The van der Waals surface area contributed by atoms with E-state index in [9.17, 15) is 9.18 Å². The maximum absolute atomic E-state index is 12.9. The number of carbonyl (C=O) groups is 1. The van der Waals surface area contributed by atoms with Crippen LogP contribution in [0, 0.1) is 5.82 Å². The van der Waals surface area contributed by atoms with Gasteiger partial charge in [0.15, 0.2) is 11.6 Å². The Kier molecular flexibility index (Phi) is 5.20. The zero-order valence-corrected chi connectivity index (χ0v) is 15.8. The smallest absolute Gasteiger partial charge is 0.223 e. The quantitative estimate of drug-likeness (QED) is 0.811. The van der Waals surface area contributed by atoms with E-state index in [1.807, 2.05) is 4.90 Å². The number of hydrogen-bond donors (Lipinski definition) is 0. The number of carbonyl (C=O) groups excluding carboxylic acids is 1. The predicted molar refractivity (Wildman–Crippen MR) is 99.4 cm³/mol. The summed E-state index contributed by atoms with van der Waals surface area (Å²) in [6.07, 6.45) is 4.38. The minimum absolute atomic E-state index is 0.158. The Hall–Kier alpha value is -2.28. The van der Waals surface area contributed by atoms with E-state index < -0.39 is 0 Å².